The standard InChI is InChI=1S/C26H20O2/c1-28-25-9-5-4-8-22(25)23-15-14-21-20-7-3-2-6-18(20)16-24(21)26(23)17-10-12-19(27)13-11-17/h2-15,27H,16H2,1H3. The van der Waals surface area contributed by atoms with Gasteiger partial charge >= 0.3 is 0 Å². The summed E-state index contributed by atoms with van der Waals surface area (Å²) in [6, 6.07) is 28.7. The zero-order valence-electron chi connectivity index (χ0n) is 15.6. The molecular formula is C26H20O2. The number of benzene rings is 4. The van der Waals surface area contributed by atoms with E-state index in [1.165, 1.54) is 27.8 Å². The van der Waals surface area contributed by atoms with Crippen LogP contribution in [0.3, 0.4) is 0 Å². The van der Waals surface area contributed by atoms with Crippen molar-refractivity contribution in [2.24, 2.45) is 0 Å². The molecule has 0 unspecified atom stereocenters. The molecule has 0 fully saturated rings. The van der Waals surface area contributed by atoms with Gasteiger partial charge in [-0.1, -0.05) is 66.7 Å². The van der Waals surface area contributed by atoms with Crippen LogP contribution in [-0.4, -0.2) is 12.2 Å². The maximum Gasteiger partial charge on any atom is 0.126 e. The summed E-state index contributed by atoms with van der Waals surface area (Å²) in [7, 11) is 1.71. The van der Waals surface area contributed by atoms with Crippen LogP contribution in [0, 0.1) is 0 Å². The Kier molecular flexibility index (Phi) is 3.91. The van der Waals surface area contributed by atoms with Crippen LogP contribution >= 0.6 is 0 Å². The summed E-state index contributed by atoms with van der Waals surface area (Å²) in [4.78, 5) is 0. The van der Waals surface area contributed by atoms with Gasteiger partial charge in [-0.3, -0.25) is 0 Å². The van der Waals surface area contributed by atoms with E-state index in [0.717, 1.165) is 28.9 Å². The van der Waals surface area contributed by atoms with Gasteiger partial charge in [0.15, 0.2) is 0 Å². The lowest BCUT2D eigenvalue weighted by Gasteiger charge is -2.17. The van der Waals surface area contributed by atoms with Crippen molar-refractivity contribution in [3.63, 3.8) is 0 Å². The van der Waals surface area contributed by atoms with Crippen molar-refractivity contribution in [3.8, 4) is 44.9 Å². The van der Waals surface area contributed by atoms with Gasteiger partial charge in [-0.2, -0.15) is 0 Å². The molecule has 0 atom stereocenters. The van der Waals surface area contributed by atoms with Crippen LogP contribution in [0.4, 0.5) is 0 Å². The first-order chi connectivity index (χ1) is 13.8. The molecule has 0 aliphatic heterocycles. The highest BCUT2D eigenvalue weighted by Crippen LogP contribution is 2.47. The zero-order valence-corrected chi connectivity index (χ0v) is 15.6. The lowest BCUT2D eigenvalue weighted by molar-refractivity contribution is 0.416. The van der Waals surface area contributed by atoms with Crippen LogP contribution in [0.25, 0.3) is 33.4 Å². The van der Waals surface area contributed by atoms with E-state index < -0.39 is 0 Å². The summed E-state index contributed by atoms with van der Waals surface area (Å²) in [5.74, 6) is 1.14. The molecule has 1 N–H and O–H groups in total. The molecular weight excluding hydrogens is 344 g/mol. The van der Waals surface area contributed by atoms with E-state index in [1.54, 1.807) is 19.2 Å². The number of hydrogen-bond donors (Lipinski definition) is 1. The number of ether oxygens (including phenoxy) is 1. The lowest BCUT2D eigenvalue weighted by Crippen LogP contribution is -1.95. The van der Waals surface area contributed by atoms with E-state index in [-0.39, 0.29) is 5.75 Å². The molecule has 5 rings (SSSR count). The molecule has 0 saturated carbocycles. The molecule has 2 nitrogen and oxygen atoms in total. The Morgan fingerprint density at radius 3 is 2.14 bits per heavy atom. The van der Waals surface area contributed by atoms with Gasteiger partial charge in [0.25, 0.3) is 0 Å². The number of fused-ring (bicyclic) bond motifs is 3. The smallest absolute Gasteiger partial charge is 0.126 e. The van der Waals surface area contributed by atoms with Gasteiger partial charge < -0.3 is 9.84 Å². The first kappa shape index (κ1) is 16.6. The molecule has 0 radical (unpaired) electrons. The largest absolute Gasteiger partial charge is 0.508 e. The molecule has 2 heteroatoms. The Bertz CT molecular complexity index is 1170. The Labute approximate surface area is 164 Å². The minimum atomic E-state index is 0.276. The predicted octanol–water partition coefficient (Wildman–Crippen LogP) is 6.31. The van der Waals surface area contributed by atoms with Gasteiger partial charge in [-0.25, -0.2) is 0 Å². The maximum absolute atomic E-state index is 9.79. The Hall–Kier alpha value is -3.52. The van der Waals surface area contributed by atoms with Gasteiger partial charge in [0.2, 0.25) is 0 Å². The SMILES string of the molecule is COc1ccccc1-c1ccc2c(c1-c1ccc(O)cc1)Cc1ccccc1-2. The molecule has 4 aromatic carbocycles. The quantitative estimate of drug-likeness (QED) is 0.407. The molecule has 28 heavy (non-hydrogen) atoms. The van der Waals surface area contributed by atoms with E-state index in [2.05, 4.69) is 42.5 Å². The number of rotatable bonds is 3. The van der Waals surface area contributed by atoms with Crippen LogP contribution < -0.4 is 4.74 Å². The van der Waals surface area contributed by atoms with E-state index in [4.69, 9.17) is 4.74 Å². The Morgan fingerprint density at radius 2 is 1.36 bits per heavy atom. The highest BCUT2D eigenvalue weighted by molar-refractivity contribution is 5.94. The number of para-hydroxylation sites is 1. The second-order valence-corrected chi connectivity index (χ2v) is 7.10. The van der Waals surface area contributed by atoms with Crippen molar-refractivity contribution in [1.29, 1.82) is 0 Å². The number of hydrogen-bond acceptors (Lipinski definition) is 2. The van der Waals surface area contributed by atoms with Crippen LogP contribution in [0.1, 0.15) is 11.1 Å². The highest BCUT2D eigenvalue weighted by atomic mass is 16.5. The Morgan fingerprint density at radius 1 is 0.679 bits per heavy atom. The minimum Gasteiger partial charge on any atom is -0.508 e. The topological polar surface area (TPSA) is 29.5 Å². The first-order valence-electron chi connectivity index (χ1n) is 9.43. The Balaban J connectivity index is 1.82. The van der Waals surface area contributed by atoms with Crippen LogP contribution in [0.15, 0.2) is 84.9 Å². The third-order valence-electron chi connectivity index (χ3n) is 5.54. The molecule has 0 aromatic heterocycles. The molecule has 4 aromatic rings. The zero-order chi connectivity index (χ0) is 19.1. The molecule has 0 heterocycles. The summed E-state index contributed by atoms with van der Waals surface area (Å²) in [6.07, 6.45) is 0.907. The third kappa shape index (κ3) is 2.57. The van der Waals surface area contributed by atoms with Crippen molar-refractivity contribution in [2.75, 3.05) is 7.11 Å². The van der Waals surface area contributed by atoms with Gasteiger partial charge in [0, 0.05) is 5.56 Å². The van der Waals surface area contributed by atoms with Crippen LogP contribution in [0.5, 0.6) is 11.5 Å². The molecule has 1 aliphatic rings. The fourth-order valence-corrected chi connectivity index (χ4v) is 4.26. The second kappa shape index (κ2) is 6.58. The van der Waals surface area contributed by atoms with E-state index >= 15 is 0 Å². The van der Waals surface area contributed by atoms with Gasteiger partial charge in [0.1, 0.15) is 11.5 Å². The van der Waals surface area contributed by atoms with E-state index in [0.29, 0.717) is 0 Å². The summed E-state index contributed by atoms with van der Waals surface area (Å²) in [5, 5.41) is 9.79. The van der Waals surface area contributed by atoms with Gasteiger partial charge in [0.05, 0.1) is 7.11 Å². The van der Waals surface area contributed by atoms with Gasteiger partial charge in [-0.15, -0.1) is 0 Å². The summed E-state index contributed by atoms with van der Waals surface area (Å²) in [6.45, 7) is 0. The molecule has 0 saturated heterocycles. The number of aromatic hydroxyl groups is 1. The fourth-order valence-electron chi connectivity index (χ4n) is 4.26. The summed E-state index contributed by atoms with van der Waals surface area (Å²) >= 11 is 0. The predicted molar refractivity (Wildman–Crippen MR) is 114 cm³/mol. The summed E-state index contributed by atoms with van der Waals surface area (Å²) < 4.78 is 5.65. The van der Waals surface area contributed by atoms with Crippen molar-refractivity contribution in [2.45, 2.75) is 6.42 Å². The molecule has 1 aliphatic carbocycles. The van der Waals surface area contributed by atoms with Crippen molar-refractivity contribution in [1.82, 2.24) is 0 Å². The fraction of sp³-hybridized carbons (Fsp3) is 0.0769. The van der Waals surface area contributed by atoms with Crippen LogP contribution in [-0.2, 0) is 6.42 Å². The number of methoxy groups -OCH3 is 1. The van der Waals surface area contributed by atoms with Crippen LogP contribution in [0.2, 0.25) is 0 Å². The number of phenols is 1. The maximum atomic E-state index is 9.79. The normalized spacial score (nSPS) is 11.8. The number of phenolic OH excluding ortho intramolecular Hbond substituents is 1. The first-order valence-corrected chi connectivity index (χ1v) is 9.43. The van der Waals surface area contributed by atoms with Crippen molar-refractivity contribution >= 4 is 0 Å². The van der Waals surface area contributed by atoms with Crippen molar-refractivity contribution in [3.05, 3.63) is 96.1 Å². The highest BCUT2D eigenvalue weighted by Gasteiger charge is 2.24. The molecule has 0 amide bonds. The van der Waals surface area contributed by atoms with Crippen molar-refractivity contribution < 1.29 is 9.84 Å². The lowest BCUT2D eigenvalue weighted by atomic mass is 9.87. The summed E-state index contributed by atoms with van der Waals surface area (Å²) in [5.41, 5.74) is 9.81. The third-order valence-corrected chi connectivity index (χ3v) is 5.54. The van der Waals surface area contributed by atoms with Gasteiger partial charge in [-0.05, 0) is 63.6 Å². The second-order valence-electron chi connectivity index (χ2n) is 7.10. The van der Waals surface area contributed by atoms with E-state index in [9.17, 15) is 5.11 Å². The average Bonchev–Trinajstić information content (AvgIpc) is 3.12. The van der Waals surface area contributed by atoms with E-state index in [1.807, 2.05) is 30.3 Å². The monoisotopic (exact) mass is 364 g/mol. The average molecular weight is 364 g/mol. The minimum absolute atomic E-state index is 0.276. The molecule has 136 valence electrons. The molecule has 0 spiro atoms. The molecule has 0 bridgehead atoms.